The van der Waals surface area contributed by atoms with E-state index in [9.17, 15) is 22.4 Å². The van der Waals surface area contributed by atoms with Gasteiger partial charge in [0.15, 0.2) is 0 Å². The number of hydrogen-bond acceptors (Lipinski definition) is 4. The molecule has 0 spiro atoms. The van der Waals surface area contributed by atoms with E-state index in [2.05, 4.69) is 5.32 Å². The lowest BCUT2D eigenvalue weighted by molar-refractivity contribution is -0.139. The van der Waals surface area contributed by atoms with E-state index in [4.69, 9.17) is 0 Å². The smallest absolute Gasteiger partial charge is 0.244 e. The van der Waals surface area contributed by atoms with Gasteiger partial charge in [-0.15, -0.1) is 0 Å². The molecule has 7 nitrogen and oxygen atoms in total. The first kappa shape index (κ1) is 24.7. The number of anilines is 1. The van der Waals surface area contributed by atoms with E-state index in [1.165, 1.54) is 17.0 Å². The van der Waals surface area contributed by atoms with Crippen LogP contribution in [0.3, 0.4) is 0 Å². The zero-order valence-corrected chi connectivity index (χ0v) is 19.7. The van der Waals surface area contributed by atoms with Crippen molar-refractivity contribution in [3.63, 3.8) is 0 Å². The van der Waals surface area contributed by atoms with Gasteiger partial charge in [0.1, 0.15) is 18.4 Å². The van der Waals surface area contributed by atoms with Crippen LogP contribution in [-0.2, 0) is 26.2 Å². The van der Waals surface area contributed by atoms with Gasteiger partial charge in [0.05, 0.1) is 11.9 Å². The summed E-state index contributed by atoms with van der Waals surface area (Å²) in [6, 6.07) is 13.2. The Morgan fingerprint density at radius 1 is 1.06 bits per heavy atom. The summed E-state index contributed by atoms with van der Waals surface area (Å²) in [6.45, 7) is 1.22. The molecular formula is C24H30FN3O4S. The topological polar surface area (TPSA) is 86.8 Å². The Kier molecular flexibility index (Phi) is 8.07. The van der Waals surface area contributed by atoms with Crippen molar-refractivity contribution in [2.75, 3.05) is 17.1 Å². The Balaban J connectivity index is 1.85. The van der Waals surface area contributed by atoms with E-state index in [0.29, 0.717) is 11.3 Å². The van der Waals surface area contributed by atoms with Gasteiger partial charge in [-0.05, 0) is 49.6 Å². The van der Waals surface area contributed by atoms with Crippen LogP contribution in [0.5, 0.6) is 0 Å². The van der Waals surface area contributed by atoms with Crippen LogP contribution >= 0.6 is 0 Å². The van der Waals surface area contributed by atoms with Gasteiger partial charge in [0.25, 0.3) is 0 Å². The number of rotatable bonds is 9. The van der Waals surface area contributed by atoms with Crippen molar-refractivity contribution in [2.45, 2.75) is 51.2 Å². The summed E-state index contributed by atoms with van der Waals surface area (Å²) in [6.07, 6.45) is 4.95. The molecular weight excluding hydrogens is 445 g/mol. The Morgan fingerprint density at radius 2 is 1.67 bits per heavy atom. The number of nitrogens with zero attached hydrogens (tertiary/aromatic N) is 2. The van der Waals surface area contributed by atoms with Crippen molar-refractivity contribution in [1.29, 1.82) is 0 Å². The van der Waals surface area contributed by atoms with E-state index >= 15 is 0 Å². The highest BCUT2D eigenvalue weighted by Gasteiger charge is 2.31. The Bertz CT molecular complexity index is 1050. The van der Waals surface area contributed by atoms with E-state index in [0.717, 1.165) is 36.2 Å². The predicted octanol–water partition coefficient (Wildman–Crippen LogP) is 3.07. The Hall–Kier alpha value is -2.94. The molecule has 1 atom stereocenters. The van der Waals surface area contributed by atoms with Crippen LogP contribution in [0.2, 0.25) is 0 Å². The molecule has 0 bridgehead atoms. The lowest BCUT2D eigenvalue weighted by Gasteiger charge is -2.32. The molecule has 0 heterocycles. The molecule has 33 heavy (non-hydrogen) atoms. The first-order valence-corrected chi connectivity index (χ1v) is 12.9. The van der Waals surface area contributed by atoms with Crippen molar-refractivity contribution in [3.05, 3.63) is 66.0 Å². The molecule has 0 radical (unpaired) electrons. The zero-order chi connectivity index (χ0) is 24.0. The quantitative estimate of drug-likeness (QED) is 0.604. The van der Waals surface area contributed by atoms with Crippen molar-refractivity contribution < 1.29 is 22.4 Å². The van der Waals surface area contributed by atoms with Crippen LogP contribution in [0.15, 0.2) is 54.6 Å². The van der Waals surface area contributed by atoms with E-state index in [1.54, 1.807) is 49.4 Å². The van der Waals surface area contributed by atoms with E-state index in [-0.39, 0.29) is 18.5 Å². The first-order valence-electron chi connectivity index (χ1n) is 11.0. The molecule has 0 aliphatic heterocycles. The summed E-state index contributed by atoms with van der Waals surface area (Å²) in [5, 5.41) is 3.00. The third-order valence-corrected chi connectivity index (χ3v) is 7.00. The van der Waals surface area contributed by atoms with Gasteiger partial charge in [-0.2, -0.15) is 0 Å². The molecule has 1 saturated carbocycles. The molecule has 1 aliphatic rings. The summed E-state index contributed by atoms with van der Waals surface area (Å²) < 4.78 is 39.3. The molecule has 3 rings (SSSR count). The van der Waals surface area contributed by atoms with Crippen LogP contribution in [-0.4, -0.2) is 50.0 Å². The molecule has 9 heteroatoms. The maximum absolute atomic E-state index is 13.4. The van der Waals surface area contributed by atoms with Gasteiger partial charge < -0.3 is 10.2 Å². The summed E-state index contributed by atoms with van der Waals surface area (Å²) in [5.74, 6) is -1.22. The lowest BCUT2D eigenvalue weighted by atomic mass is 10.1. The van der Waals surface area contributed by atoms with Gasteiger partial charge in [0, 0.05) is 12.6 Å². The zero-order valence-electron chi connectivity index (χ0n) is 18.9. The number of benzene rings is 2. The predicted molar refractivity (Wildman–Crippen MR) is 125 cm³/mol. The van der Waals surface area contributed by atoms with Crippen molar-refractivity contribution in [2.24, 2.45) is 0 Å². The molecule has 0 saturated heterocycles. The maximum atomic E-state index is 13.4. The number of halogens is 1. The Morgan fingerprint density at radius 3 is 2.24 bits per heavy atom. The minimum Gasteiger partial charge on any atom is -0.352 e. The minimum absolute atomic E-state index is 0.0464. The molecule has 178 valence electrons. The highest BCUT2D eigenvalue weighted by atomic mass is 32.2. The van der Waals surface area contributed by atoms with Crippen molar-refractivity contribution in [1.82, 2.24) is 10.2 Å². The summed E-state index contributed by atoms with van der Waals surface area (Å²) in [7, 11) is -3.75. The summed E-state index contributed by atoms with van der Waals surface area (Å²) in [5.41, 5.74) is 0.994. The summed E-state index contributed by atoms with van der Waals surface area (Å²) in [4.78, 5) is 27.7. The molecule has 2 aromatic rings. The highest BCUT2D eigenvalue weighted by Crippen LogP contribution is 2.20. The lowest BCUT2D eigenvalue weighted by Crippen LogP contribution is -2.52. The van der Waals surface area contributed by atoms with Crippen LogP contribution < -0.4 is 9.62 Å². The number of nitrogens with one attached hydrogen (secondary N) is 1. The average Bonchev–Trinajstić information content (AvgIpc) is 3.29. The fourth-order valence-corrected chi connectivity index (χ4v) is 4.82. The van der Waals surface area contributed by atoms with Crippen LogP contribution in [0.1, 0.15) is 38.2 Å². The van der Waals surface area contributed by atoms with Gasteiger partial charge in [-0.1, -0.05) is 43.2 Å². The van der Waals surface area contributed by atoms with Gasteiger partial charge >= 0.3 is 0 Å². The monoisotopic (exact) mass is 475 g/mol. The number of carbonyl (C=O) groups is 2. The number of sulfonamides is 1. The fourth-order valence-electron chi connectivity index (χ4n) is 3.97. The number of para-hydroxylation sites is 1. The highest BCUT2D eigenvalue weighted by molar-refractivity contribution is 7.92. The number of carbonyl (C=O) groups excluding carboxylic acids is 2. The fraction of sp³-hybridized carbons (Fsp3) is 0.417. The molecule has 1 N–H and O–H groups in total. The second-order valence-corrected chi connectivity index (χ2v) is 10.3. The molecule has 0 aromatic heterocycles. The average molecular weight is 476 g/mol. The van der Waals surface area contributed by atoms with Crippen molar-refractivity contribution >= 4 is 27.5 Å². The molecule has 2 aromatic carbocycles. The van der Waals surface area contributed by atoms with E-state index in [1.807, 2.05) is 0 Å². The Labute approximate surface area is 194 Å². The van der Waals surface area contributed by atoms with Crippen LogP contribution in [0, 0.1) is 5.82 Å². The van der Waals surface area contributed by atoms with Crippen LogP contribution in [0.25, 0.3) is 0 Å². The van der Waals surface area contributed by atoms with Crippen molar-refractivity contribution in [3.8, 4) is 0 Å². The molecule has 2 amide bonds. The molecule has 1 aliphatic carbocycles. The number of amides is 2. The third kappa shape index (κ3) is 6.77. The van der Waals surface area contributed by atoms with Crippen LogP contribution in [0.4, 0.5) is 10.1 Å². The van der Waals surface area contributed by atoms with Gasteiger partial charge in [0.2, 0.25) is 21.8 Å². The third-order valence-electron chi connectivity index (χ3n) is 5.86. The standard InChI is InChI=1S/C24H30FN3O4S/c1-18(24(30)26-21-8-6-7-9-21)27(16-19-12-14-20(25)15-13-19)23(29)17-28(33(2,31)32)22-10-4-3-5-11-22/h3-5,10-15,18,21H,6-9,16-17H2,1-2H3,(H,26,30). The van der Waals surface area contributed by atoms with Gasteiger partial charge in [-0.3, -0.25) is 13.9 Å². The normalized spacial score (nSPS) is 15.1. The van der Waals surface area contributed by atoms with Gasteiger partial charge in [-0.25, -0.2) is 12.8 Å². The number of hydrogen-bond donors (Lipinski definition) is 1. The SMILES string of the molecule is CC(C(=O)NC1CCCC1)N(Cc1ccc(F)cc1)C(=O)CN(c1ccccc1)S(C)(=O)=O. The first-order chi connectivity index (χ1) is 15.6. The largest absolute Gasteiger partial charge is 0.352 e. The second kappa shape index (κ2) is 10.8. The minimum atomic E-state index is -3.75. The summed E-state index contributed by atoms with van der Waals surface area (Å²) >= 11 is 0. The molecule has 1 fully saturated rings. The van der Waals surface area contributed by atoms with E-state index < -0.39 is 34.3 Å². The second-order valence-electron chi connectivity index (χ2n) is 8.42. The maximum Gasteiger partial charge on any atom is 0.244 e. The molecule has 1 unspecified atom stereocenters.